The Kier molecular flexibility index (Phi) is 8.24. The first-order valence-electron chi connectivity index (χ1n) is 11.1. The fourth-order valence-corrected chi connectivity index (χ4v) is 3.72. The van der Waals surface area contributed by atoms with E-state index in [1.807, 2.05) is 13.8 Å². The van der Waals surface area contributed by atoms with Crippen LogP contribution in [-0.2, 0) is 19.5 Å². The minimum Gasteiger partial charge on any atom is -0.444 e. The molecule has 0 unspecified atom stereocenters. The molecule has 0 amide bonds. The topological polar surface area (TPSA) is 96.4 Å². The second-order valence-corrected chi connectivity index (χ2v) is 7.91. The van der Waals surface area contributed by atoms with E-state index >= 15 is 0 Å². The number of likely N-dealkylation sites (tertiary alicyclic amines) is 1. The van der Waals surface area contributed by atoms with Crippen LogP contribution in [0.3, 0.4) is 0 Å². The zero-order valence-electron chi connectivity index (χ0n) is 18.8. The zero-order valence-corrected chi connectivity index (χ0v) is 18.8. The maximum atomic E-state index is 5.73. The van der Waals surface area contributed by atoms with Crippen LogP contribution in [0.15, 0.2) is 15.7 Å². The van der Waals surface area contributed by atoms with Gasteiger partial charge in [-0.25, -0.2) is 4.98 Å². The van der Waals surface area contributed by atoms with Crippen molar-refractivity contribution in [2.75, 3.05) is 32.7 Å². The van der Waals surface area contributed by atoms with E-state index in [1.165, 1.54) is 0 Å². The summed E-state index contributed by atoms with van der Waals surface area (Å²) in [5, 5.41) is 14.9. The summed E-state index contributed by atoms with van der Waals surface area (Å²) in [6.45, 7) is 14.4. The highest BCUT2D eigenvalue weighted by atomic mass is 16.4. The van der Waals surface area contributed by atoms with Crippen LogP contribution in [-0.4, -0.2) is 63.3 Å². The van der Waals surface area contributed by atoms with Crippen LogP contribution in [0.25, 0.3) is 0 Å². The molecule has 0 radical (unpaired) electrons. The Hall–Kier alpha value is -2.42. The Morgan fingerprint density at radius 2 is 2.03 bits per heavy atom. The SMILES string of the molecule is CCNC(=NCC1CCN(Cc2nc(C)c(C)o2)CC1)NCCn1cnnc1CC. The first kappa shape index (κ1) is 22.3. The number of oxazole rings is 1. The second kappa shape index (κ2) is 11.1. The number of rotatable bonds is 9. The molecule has 0 aliphatic carbocycles. The van der Waals surface area contributed by atoms with Gasteiger partial charge in [-0.3, -0.25) is 9.89 Å². The van der Waals surface area contributed by atoms with Crippen LogP contribution in [0.1, 0.15) is 49.9 Å². The van der Waals surface area contributed by atoms with Gasteiger partial charge in [0.15, 0.2) is 5.96 Å². The molecule has 166 valence electrons. The molecular formula is C21H36N8O. The average Bonchev–Trinajstić information content (AvgIpc) is 3.32. The molecule has 1 aliphatic rings. The number of nitrogens with zero attached hydrogens (tertiary/aromatic N) is 6. The summed E-state index contributed by atoms with van der Waals surface area (Å²) in [5.41, 5.74) is 0.993. The highest BCUT2D eigenvalue weighted by Crippen LogP contribution is 2.20. The molecule has 0 atom stereocenters. The van der Waals surface area contributed by atoms with Crippen molar-refractivity contribution in [2.24, 2.45) is 10.9 Å². The van der Waals surface area contributed by atoms with Crippen molar-refractivity contribution in [3.63, 3.8) is 0 Å². The van der Waals surface area contributed by atoms with E-state index in [4.69, 9.17) is 9.41 Å². The molecule has 3 rings (SSSR count). The lowest BCUT2D eigenvalue weighted by molar-refractivity contribution is 0.166. The standard InChI is InChI=1S/C21H36N8O/c1-5-19-27-25-15-29(19)12-9-23-21(22-6-2)24-13-18-7-10-28(11-8-18)14-20-26-16(3)17(4)30-20/h15,18H,5-14H2,1-4H3,(H2,22,23,24). The summed E-state index contributed by atoms with van der Waals surface area (Å²) in [7, 11) is 0. The van der Waals surface area contributed by atoms with E-state index in [-0.39, 0.29) is 0 Å². The van der Waals surface area contributed by atoms with Crippen molar-refractivity contribution >= 4 is 5.96 Å². The number of aromatic nitrogens is 4. The second-order valence-electron chi connectivity index (χ2n) is 7.91. The first-order chi connectivity index (χ1) is 14.6. The third-order valence-corrected chi connectivity index (χ3v) is 5.65. The maximum absolute atomic E-state index is 5.73. The van der Waals surface area contributed by atoms with Gasteiger partial charge < -0.3 is 19.6 Å². The van der Waals surface area contributed by atoms with Crippen molar-refractivity contribution < 1.29 is 4.42 Å². The van der Waals surface area contributed by atoms with E-state index in [1.54, 1.807) is 6.33 Å². The Morgan fingerprint density at radius 1 is 1.23 bits per heavy atom. The van der Waals surface area contributed by atoms with Crippen LogP contribution in [0, 0.1) is 19.8 Å². The van der Waals surface area contributed by atoms with Crippen molar-refractivity contribution in [3.8, 4) is 0 Å². The van der Waals surface area contributed by atoms with Gasteiger partial charge in [0.25, 0.3) is 0 Å². The molecule has 30 heavy (non-hydrogen) atoms. The summed E-state index contributed by atoms with van der Waals surface area (Å²) in [6, 6.07) is 0. The van der Waals surface area contributed by atoms with Crippen LogP contribution in [0.4, 0.5) is 0 Å². The van der Waals surface area contributed by atoms with Crippen molar-refractivity contribution in [3.05, 3.63) is 29.5 Å². The number of piperidine rings is 1. The molecule has 0 spiro atoms. The third kappa shape index (κ3) is 6.29. The predicted molar refractivity (Wildman–Crippen MR) is 117 cm³/mol. The van der Waals surface area contributed by atoms with Crippen molar-refractivity contribution in [2.45, 2.75) is 60.0 Å². The maximum Gasteiger partial charge on any atom is 0.208 e. The Labute approximate surface area is 179 Å². The molecule has 9 heteroatoms. The van der Waals surface area contributed by atoms with Crippen molar-refractivity contribution in [1.82, 2.24) is 35.3 Å². The molecule has 0 aromatic carbocycles. The largest absolute Gasteiger partial charge is 0.444 e. The van der Waals surface area contributed by atoms with E-state index in [9.17, 15) is 0 Å². The van der Waals surface area contributed by atoms with Gasteiger partial charge in [0, 0.05) is 32.6 Å². The molecule has 1 aliphatic heterocycles. The van der Waals surface area contributed by atoms with Gasteiger partial charge in [0.2, 0.25) is 5.89 Å². The molecular weight excluding hydrogens is 380 g/mol. The number of nitrogens with one attached hydrogen (secondary N) is 2. The summed E-state index contributed by atoms with van der Waals surface area (Å²) in [5.74, 6) is 4.28. The Bertz CT molecular complexity index is 784. The molecule has 2 aromatic heterocycles. The number of aliphatic imine (C=N–C) groups is 1. The van der Waals surface area contributed by atoms with Gasteiger partial charge in [-0.2, -0.15) is 0 Å². The third-order valence-electron chi connectivity index (χ3n) is 5.65. The van der Waals surface area contributed by atoms with Gasteiger partial charge in [-0.15, -0.1) is 10.2 Å². The minimum atomic E-state index is 0.620. The van der Waals surface area contributed by atoms with Gasteiger partial charge in [0.1, 0.15) is 17.9 Å². The highest BCUT2D eigenvalue weighted by molar-refractivity contribution is 5.79. The van der Waals surface area contributed by atoms with Crippen LogP contribution in [0.5, 0.6) is 0 Å². The smallest absolute Gasteiger partial charge is 0.208 e. The highest BCUT2D eigenvalue weighted by Gasteiger charge is 2.21. The normalized spacial score (nSPS) is 16.2. The van der Waals surface area contributed by atoms with Gasteiger partial charge >= 0.3 is 0 Å². The summed E-state index contributed by atoms with van der Waals surface area (Å²) in [4.78, 5) is 11.8. The monoisotopic (exact) mass is 416 g/mol. The van der Waals surface area contributed by atoms with Gasteiger partial charge in [-0.1, -0.05) is 6.92 Å². The van der Waals surface area contributed by atoms with Gasteiger partial charge in [0.05, 0.1) is 12.2 Å². The summed E-state index contributed by atoms with van der Waals surface area (Å²) < 4.78 is 7.81. The molecule has 2 N–H and O–H groups in total. The van der Waals surface area contributed by atoms with Crippen LogP contribution in [0.2, 0.25) is 0 Å². The fraction of sp³-hybridized carbons (Fsp3) is 0.714. The molecule has 1 fully saturated rings. The van der Waals surface area contributed by atoms with Crippen LogP contribution >= 0.6 is 0 Å². The lowest BCUT2D eigenvalue weighted by Gasteiger charge is -2.30. The summed E-state index contributed by atoms with van der Waals surface area (Å²) in [6.07, 6.45) is 4.99. The Morgan fingerprint density at radius 3 is 2.70 bits per heavy atom. The van der Waals surface area contributed by atoms with E-state index in [0.29, 0.717) is 5.92 Å². The fourth-order valence-electron chi connectivity index (χ4n) is 3.72. The number of guanidine groups is 1. The van der Waals surface area contributed by atoms with Crippen LogP contribution < -0.4 is 10.6 Å². The minimum absolute atomic E-state index is 0.620. The Balaban J connectivity index is 1.41. The van der Waals surface area contributed by atoms with Gasteiger partial charge in [-0.05, 0) is 52.6 Å². The molecule has 3 heterocycles. The van der Waals surface area contributed by atoms with Crippen molar-refractivity contribution in [1.29, 1.82) is 0 Å². The quantitative estimate of drug-likeness (QED) is 0.476. The molecule has 2 aromatic rings. The lowest BCUT2D eigenvalue weighted by Crippen LogP contribution is -2.40. The molecule has 9 nitrogen and oxygen atoms in total. The molecule has 1 saturated heterocycles. The van der Waals surface area contributed by atoms with E-state index in [0.717, 1.165) is 94.2 Å². The zero-order chi connectivity index (χ0) is 21.3. The molecule has 0 saturated carbocycles. The number of aryl methyl sites for hydroxylation is 3. The number of hydrogen-bond donors (Lipinski definition) is 2. The lowest BCUT2D eigenvalue weighted by atomic mass is 9.97. The first-order valence-corrected chi connectivity index (χ1v) is 11.1. The summed E-state index contributed by atoms with van der Waals surface area (Å²) >= 11 is 0. The van der Waals surface area contributed by atoms with E-state index < -0.39 is 0 Å². The average molecular weight is 417 g/mol. The van der Waals surface area contributed by atoms with E-state index in [2.05, 4.69) is 49.1 Å². The number of hydrogen-bond acceptors (Lipinski definition) is 6. The molecule has 0 bridgehead atoms. The predicted octanol–water partition coefficient (Wildman–Crippen LogP) is 1.91.